The van der Waals surface area contributed by atoms with Crippen LogP contribution < -0.4 is 5.32 Å². The fourth-order valence-corrected chi connectivity index (χ4v) is 4.15. The topological polar surface area (TPSA) is 102 Å². The first kappa shape index (κ1) is 21.2. The lowest BCUT2D eigenvalue weighted by atomic mass is 10.00. The number of carbonyl (C=O) groups excluding carboxylic acids is 1. The number of amides is 1. The van der Waals surface area contributed by atoms with Gasteiger partial charge in [0.25, 0.3) is 5.91 Å². The SMILES string of the molecule is Cn1cc(-c2ccc(Cc3cc(C(=O)NC4CCOC(O)C4)nc4ccccc34)cn2)cn1. The molecule has 168 valence electrons. The third-order valence-corrected chi connectivity index (χ3v) is 5.85. The van der Waals surface area contributed by atoms with Gasteiger partial charge in [-0.3, -0.25) is 14.5 Å². The normalized spacial score (nSPS) is 18.4. The molecule has 1 saturated heterocycles. The van der Waals surface area contributed by atoms with Gasteiger partial charge in [0.1, 0.15) is 5.69 Å². The Morgan fingerprint density at radius 1 is 1.24 bits per heavy atom. The summed E-state index contributed by atoms with van der Waals surface area (Å²) in [5, 5.41) is 17.9. The maximum Gasteiger partial charge on any atom is 0.270 e. The van der Waals surface area contributed by atoms with Gasteiger partial charge < -0.3 is 15.2 Å². The van der Waals surface area contributed by atoms with Crippen LogP contribution in [-0.4, -0.2) is 49.7 Å². The summed E-state index contributed by atoms with van der Waals surface area (Å²) in [6.45, 7) is 0.421. The van der Waals surface area contributed by atoms with Crippen molar-refractivity contribution in [3.63, 3.8) is 0 Å². The van der Waals surface area contributed by atoms with Gasteiger partial charge >= 0.3 is 0 Å². The van der Waals surface area contributed by atoms with E-state index in [-0.39, 0.29) is 11.9 Å². The number of para-hydroxylation sites is 1. The third-order valence-electron chi connectivity index (χ3n) is 5.85. The molecule has 8 heteroatoms. The second-order valence-electron chi connectivity index (χ2n) is 8.34. The molecule has 1 aliphatic rings. The van der Waals surface area contributed by atoms with Crippen molar-refractivity contribution in [1.29, 1.82) is 0 Å². The number of ether oxygens (including phenoxy) is 1. The Morgan fingerprint density at radius 2 is 2.12 bits per heavy atom. The lowest BCUT2D eigenvalue weighted by molar-refractivity contribution is -0.130. The summed E-state index contributed by atoms with van der Waals surface area (Å²) in [6, 6.07) is 13.6. The number of aliphatic hydroxyl groups is 1. The quantitative estimate of drug-likeness (QED) is 0.492. The van der Waals surface area contributed by atoms with E-state index in [0.29, 0.717) is 31.6 Å². The van der Waals surface area contributed by atoms with Gasteiger partial charge in [0.05, 0.1) is 24.0 Å². The lowest BCUT2D eigenvalue weighted by Crippen LogP contribution is -2.42. The van der Waals surface area contributed by atoms with Crippen molar-refractivity contribution in [2.75, 3.05) is 6.61 Å². The number of fused-ring (bicyclic) bond motifs is 1. The van der Waals surface area contributed by atoms with Crippen molar-refractivity contribution in [2.45, 2.75) is 31.6 Å². The van der Waals surface area contributed by atoms with Crippen LogP contribution in [0.25, 0.3) is 22.2 Å². The molecule has 0 bridgehead atoms. The lowest BCUT2D eigenvalue weighted by Gasteiger charge is -2.26. The minimum Gasteiger partial charge on any atom is -0.368 e. The zero-order valence-electron chi connectivity index (χ0n) is 18.3. The molecular weight excluding hydrogens is 418 g/mol. The number of nitrogens with one attached hydrogen (secondary N) is 1. The fourth-order valence-electron chi connectivity index (χ4n) is 4.15. The maximum atomic E-state index is 13.0. The summed E-state index contributed by atoms with van der Waals surface area (Å²) in [7, 11) is 1.88. The predicted octanol–water partition coefficient (Wildman–Crippen LogP) is 2.85. The number of carbonyl (C=O) groups is 1. The zero-order chi connectivity index (χ0) is 22.8. The number of aryl methyl sites for hydroxylation is 1. The number of pyridine rings is 2. The molecule has 5 rings (SSSR count). The van der Waals surface area contributed by atoms with Crippen molar-refractivity contribution >= 4 is 16.8 Å². The Morgan fingerprint density at radius 3 is 2.88 bits per heavy atom. The molecule has 1 fully saturated rings. The Bertz CT molecular complexity index is 1280. The molecule has 1 aromatic carbocycles. The molecule has 2 atom stereocenters. The van der Waals surface area contributed by atoms with E-state index in [9.17, 15) is 9.90 Å². The van der Waals surface area contributed by atoms with Gasteiger partial charge in [-0.15, -0.1) is 0 Å². The predicted molar refractivity (Wildman–Crippen MR) is 123 cm³/mol. The number of rotatable bonds is 5. The van der Waals surface area contributed by atoms with Crippen molar-refractivity contribution in [3.05, 3.63) is 77.9 Å². The van der Waals surface area contributed by atoms with Gasteiger partial charge in [-0.05, 0) is 42.2 Å². The molecule has 4 aromatic rings. The minimum absolute atomic E-state index is 0.137. The molecular formula is C25H25N5O3. The molecule has 2 N–H and O–H groups in total. The van der Waals surface area contributed by atoms with Crippen molar-refractivity contribution in [3.8, 4) is 11.3 Å². The van der Waals surface area contributed by atoms with E-state index in [4.69, 9.17) is 4.74 Å². The minimum atomic E-state index is -0.841. The Labute approximate surface area is 191 Å². The third kappa shape index (κ3) is 4.76. The molecule has 4 heterocycles. The molecule has 8 nitrogen and oxygen atoms in total. The fraction of sp³-hybridized carbons (Fsp3) is 0.280. The number of nitrogens with zero attached hydrogens (tertiary/aromatic N) is 4. The largest absolute Gasteiger partial charge is 0.368 e. The summed E-state index contributed by atoms with van der Waals surface area (Å²) in [5.74, 6) is -0.244. The van der Waals surface area contributed by atoms with Crippen LogP contribution in [0.2, 0.25) is 0 Å². The van der Waals surface area contributed by atoms with Gasteiger partial charge in [0.2, 0.25) is 0 Å². The number of aromatic nitrogens is 4. The van der Waals surface area contributed by atoms with Crippen LogP contribution in [0.15, 0.2) is 61.1 Å². The summed E-state index contributed by atoms with van der Waals surface area (Å²) in [4.78, 5) is 22.1. The van der Waals surface area contributed by atoms with E-state index in [1.54, 1.807) is 10.9 Å². The first-order valence-corrected chi connectivity index (χ1v) is 11.0. The summed E-state index contributed by atoms with van der Waals surface area (Å²) >= 11 is 0. The molecule has 33 heavy (non-hydrogen) atoms. The average molecular weight is 444 g/mol. The van der Waals surface area contributed by atoms with Crippen molar-refractivity contribution in [1.82, 2.24) is 25.1 Å². The Balaban J connectivity index is 1.40. The van der Waals surface area contributed by atoms with Crippen LogP contribution in [0.4, 0.5) is 0 Å². The summed E-state index contributed by atoms with van der Waals surface area (Å²) in [6.07, 6.45) is 6.41. The molecule has 0 spiro atoms. The highest BCUT2D eigenvalue weighted by molar-refractivity contribution is 5.96. The second-order valence-corrected chi connectivity index (χ2v) is 8.34. The molecule has 0 radical (unpaired) electrons. The van der Waals surface area contributed by atoms with Crippen LogP contribution in [-0.2, 0) is 18.2 Å². The Kier molecular flexibility index (Phi) is 5.85. The highest BCUT2D eigenvalue weighted by atomic mass is 16.6. The number of hydrogen-bond acceptors (Lipinski definition) is 6. The van der Waals surface area contributed by atoms with E-state index >= 15 is 0 Å². The van der Waals surface area contributed by atoms with Crippen LogP contribution in [0.1, 0.15) is 34.5 Å². The molecule has 1 aliphatic heterocycles. The number of benzene rings is 1. The van der Waals surface area contributed by atoms with E-state index in [2.05, 4.69) is 20.4 Å². The van der Waals surface area contributed by atoms with E-state index in [0.717, 1.165) is 33.3 Å². The van der Waals surface area contributed by atoms with Crippen LogP contribution in [0.5, 0.6) is 0 Å². The van der Waals surface area contributed by atoms with Crippen LogP contribution >= 0.6 is 0 Å². The van der Waals surface area contributed by atoms with Gasteiger partial charge in [0.15, 0.2) is 6.29 Å². The molecule has 0 saturated carbocycles. The molecule has 0 aliphatic carbocycles. The average Bonchev–Trinajstić information content (AvgIpc) is 3.26. The van der Waals surface area contributed by atoms with Gasteiger partial charge in [-0.2, -0.15) is 5.10 Å². The first-order chi connectivity index (χ1) is 16.0. The van der Waals surface area contributed by atoms with Gasteiger partial charge in [-0.25, -0.2) is 4.98 Å². The summed E-state index contributed by atoms with van der Waals surface area (Å²) < 4.78 is 6.91. The molecule has 3 aromatic heterocycles. The standard InChI is InChI=1S/C25H25N5O3/c1-30-15-18(14-27-30)21-7-6-16(13-26-21)10-17-11-23(29-22-5-3-2-4-20(17)22)25(32)28-19-8-9-33-24(31)12-19/h2-7,11,13-15,19,24,31H,8-10,12H2,1H3,(H,28,32). The van der Waals surface area contributed by atoms with Gasteiger partial charge in [0, 0.05) is 42.9 Å². The van der Waals surface area contributed by atoms with E-state index < -0.39 is 6.29 Å². The Hall–Kier alpha value is -3.62. The van der Waals surface area contributed by atoms with E-state index in [1.165, 1.54) is 0 Å². The van der Waals surface area contributed by atoms with Crippen LogP contribution in [0.3, 0.4) is 0 Å². The molecule has 1 amide bonds. The van der Waals surface area contributed by atoms with Crippen LogP contribution in [0, 0.1) is 0 Å². The van der Waals surface area contributed by atoms with Gasteiger partial charge in [-0.1, -0.05) is 24.3 Å². The highest BCUT2D eigenvalue weighted by Gasteiger charge is 2.23. The molecule has 2 unspecified atom stereocenters. The number of aliphatic hydroxyl groups excluding tert-OH is 1. The van der Waals surface area contributed by atoms with Crippen molar-refractivity contribution < 1.29 is 14.6 Å². The second kappa shape index (κ2) is 9.09. The number of hydrogen-bond donors (Lipinski definition) is 2. The highest BCUT2D eigenvalue weighted by Crippen LogP contribution is 2.23. The first-order valence-electron chi connectivity index (χ1n) is 11.0. The monoisotopic (exact) mass is 443 g/mol. The van der Waals surface area contributed by atoms with Crippen molar-refractivity contribution in [2.24, 2.45) is 7.05 Å². The smallest absolute Gasteiger partial charge is 0.270 e. The zero-order valence-corrected chi connectivity index (χ0v) is 18.3. The van der Waals surface area contributed by atoms with E-state index in [1.807, 2.05) is 61.9 Å². The maximum absolute atomic E-state index is 13.0. The summed E-state index contributed by atoms with van der Waals surface area (Å²) in [5.41, 5.74) is 5.02.